The van der Waals surface area contributed by atoms with E-state index in [1.54, 1.807) is 7.11 Å². The predicted molar refractivity (Wildman–Crippen MR) is 86.9 cm³/mol. The molecule has 0 radical (unpaired) electrons. The van der Waals surface area contributed by atoms with Crippen molar-refractivity contribution in [3.05, 3.63) is 11.8 Å². The maximum atomic E-state index is 5.17. The lowest BCUT2D eigenvalue weighted by Gasteiger charge is -2.34. The summed E-state index contributed by atoms with van der Waals surface area (Å²) < 4.78 is 5.17. The lowest BCUT2D eigenvalue weighted by molar-refractivity contribution is 0.196. The quantitative estimate of drug-likeness (QED) is 0.702. The summed E-state index contributed by atoms with van der Waals surface area (Å²) in [5, 5.41) is 3.26. The molecule has 3 heteroatoms. The van der Waals surface area contributed by atoms with E-state index in [-0.39, 0.29) is 0 Å². The standard InChI is InChI=1S/C17H34N2O/c1-15(17-8-6-5-7-9-17)14-19(12-11-18-3)16(2)10-13-20-4/h10,15,17-18H,5-9,11-14H2,1-4H3/b16-10+. The fourth-order valence-electron chi connectivity index (χ4n) is 3.19. The average Bonchev–Trinajstić information content (AvgIpc) is 2.49. The molecule has 1 saturated carbocycles. The normalized spacial score (nSPS) is 19.1. The van der Waals surface area contributed by atoms with Crippen LogP contribution in [0.25, 0.3) is 0 Å². The highest BCUT2D eigenvalue weighted by molar-refractivity contribution is 4.98. The SMILES string of the molecule is CNCCN(CC(C)C1CCCCC1)/C(C)=C/COC. The zero-order valence-corrected chi connectivity index (χ0v) is 14.0. The van der Waals surface area contributed by atoms with Crippen LogP contribution >= 0.6 is 0 Å². The Morgan fingerprint density at radius 3 is 2.65 bits per heavy atom. The largest absolute Gasteiger partial charge is 0.381 e. The number of nitrogens with zero attached hydrogens (tertiary/aromatic N) is 1. The molecule has 1 aliphatic carbocycles. The van der Waals surface area contributed by atoms with Gasteiger partial charge in [-0.25, -0.2) is 0 Å². The maximum absolute atomic E-state index is 5.17. The Labute approximate surface area is 125 Å². The zero-order valence-electron chi connectivity index (χ0n) is 14.0. The highest BCUT2D eigenvalue weighted by atomic mass is 16.5. The van der Waals surface area contributed by atoms with Crippen molar-refractivity contribution in [2.75, 3.05) is 40.4 Å². The molecule has 0 aromatic heterocycles. The number of methoxy groups -OCH3 is 1. The van der Waals surface area contributed by atoms with Gasteiger partial charge in [0.05, 0.1) is 6.61 Å². The number of hydrogen-bond acceptors (Lipinski definition) is 3. The Morgan fingerprint density at radius 1 is 1.35 bits per heavy atom. The van der Waals surface area contributed by atoms with Gasteiger partial charge >= 0.3 is 0 Å². The van der Waals surface area contributed by atoms with Crippen molar-refractivity contribution >= 4 is 0 Å². The highest BCUT2D eigenvalue weighted by Crippen LogP contribution is 2.30. The summed E-state index contributed by atoms with van der Waals surface area (Å²) in [7, 11) is 3.78. The molecule has 0 aromatic carbocycles. The molecule has 0 spiro atoms. The third-order valence-corrected chi connectivity index (χ3v) is 4.64. The van der Waals surface area contributed by atoms with Gasteiger partial charge in [0, 0.05) is 32.4 Å². The van der Waals surface area contributed by atoms with E-state index in [9.17, 15) is 0 Å². The monoisotopic (exact) mass is 282 g/mol. The van der Waals surface area contributed by atoms with Crippen LogP contribution in [0.5, 0.6) is 0 Å². The van der Waals surface area contributed by atoms with Gasteiger partial charge in [-0.2, -0.15) is 0 Å². The van der Waals surface area contributed by atoms with Gasteiger partial charge in [0.25, 0.3) is 0 Å². The third kappa shape index (κ3) is 6.27. The molecule has 0 saturated heterocycles. The summed E-state index contributed by atoms with van der Waals surface area (Å²) in [5.41, 5.74) is 1.35. The van der Waals surface area contributed by atoms with E-state index in [2.05, 4.69) is 30.1 Å². The van der Waals surface area contributed by atoms with Crippen LogP contribution in [0.1, 0.15) is 46.0 Å². The van der Waals surface area contributed by atoms with Gasteiger partial charge in [0.15, 0.2) is 0 Å². The van der Waals surface area contributed by atoms with Gasteiger partial charge in [-0.1, -0.05) is 39.0 Å². The summed E-state index contributed by atoms with van der Waals surface area (Å²) in [6, 6.07) is 0. The van der Waals surface area contributed by atoms with E-state index < -0.39 is 0 Å². The molecule has 1 fully saturated rings. The van der Waals surface area contributed by atoms with Crippen molar-refractivity contribution < 1.29 is 4.74 Å². The van der Waals surface area contributed by atoms with E-state index in [4.69, 9.17) is 4.74 Å². The van der Waals surface area contributed by atoms with Crippen molar-refractivity contribution in [3.63, 3.8) is 0 Å². The first-order valence-corrected chi connectivity index (χ1v) is 8.24. The Morgan fingerprint density at radius 2 is 2.05 bits per heavy atom. The second-order valence-electron chi connectivity index (χ2n) is 6.23. The predicted octanol–water partition coefficient (Wildman–Crippen LogP) is 3.27. The molecule has 0 bridgehead atoms. The van der Waals surface area contributed by atoms with Crippen LogP contribution < -0.4 is 5.32 Å². The second kappa shape index (κ2) is 10.2. The first kappa shape index (κ1) is 17.5. The molecule has 0 aromatic rings. The molecule has 1 rings (SSSR count). The molecule has 1 aliphatic rings. The molecule has 0 heterocycles. The molecule has 3 nitrogen and oxygen atoms in total. The molecule has 0 amide bonds. The van der Waals surface area contributed by atoms with Gasteiger partial charge < -0.3 is 15.0 Å². The summed E-state index contributed by atoms with van der Waals surface area (Å²) in [6.45, 7) is 8.65. The maximum Gasteiger partial charge on any atom is 0.0663 e. The van der Waals surface area contributed by atoms with Gasteiger partial charge in [0.2, 0.25) is 0 Å². The Balaban J connectivity index is 2.53. The van der Waals surface area contributed by atoms with Crippen molar-refractivity contribution in [2.45, 2.75) is 46.0 Å². The Hall–Kier alpha value is -0.540. The van der Waals surface area contributed by atoms with Crippen LogP contribution in [0, 0.1) is 11.8 Å². The van der Waals surface area contributed by atoms with Crippen molar-refractivity contribution in [1.82, 2.24) is 10.2 Å². The van der Waals surface area contributed by atoms with Gasteiger partial charge in [-0.05, 0) is 31.9 Å². The minimum absolute atomic E-state index is 0.708. The summed E-state index contributed by atoms with van der Waals surface area (Å²) >= 11 is 0. The molecule has 1 N–H and O–H groups in total. The van der Waals surface area contributed by atoms with Crippen LogP contribution in [0.15, 0.2) is 11.8 Å². The highest BCUT2D eigenvalue weighted by Gasteiger charge is 2.22. The molecular formula is C17H34N2O. The fraction of sp³-hybridized carbons (Fsp3) is 0.882. The minimum Gasteiger partial charge on any atom is -0.381 e. The Bertz CT molecular complexity index is 272. The lowest BCUT2D eigenvalue weighted by Crippen LogP contribution is -2.35. The fourth-order valence-corrected chi connectivity index (χ4v) is 3.19. The first-order valence-electron chi connectivity index (χ1n) is 8.24. The van der Waals surface area contributed by atoms with E-state index >= 15 is 0 Å². The number of likely N-dealkylation sites (N-methyl/N-ethyl adjacent to an activating group) is 1. The number of allylic oxidation sites excluding steroid dienone is 1. The van der Waals surface area contributed by atoms with Crippen LogP contribution in [0.2, 0.25) is 0 Å². The van der Waals surface area contributed by atoms with E-state index in [0.717, 1.165) is 24.9 Å². The van der Waals surface area contributed by atoms with Crippen LogP contribution in [-0.2, 0) is 4.74 Å². The molecule has 1 unspecified atom stereocenters. The van der Waals surface area contributed by atoms with Crippen LogP contribution in [-0.4, -0.2) is 45.3 Å². The van der Waals surface area contributed by atoms with Crippen LogP contribution in [0.4, 0.5) is 0 Å². The van der Waals surface area contributed by atoms with Gasteiger partial charge in [-0.15, -0.1) is 0 Å². The minimum atomic E-state index is 0.708. The zero-order chi connectivity index (χ0) is 14.8. The van der Waals surface area contributed by atoms with Gasteiger partial charge in [-0.3, -0.25) is 0 Å². The van der Waals surface area contributed by atoms with E-state index in [0.29, 0.717) is 6.61 Å². The van der Waals surface area contributed by atoms with Crippen LogP contribution in [0.3, 0.4) is 0 Å². The number of nitrogens with one attached hydrogen (secondary N) is 1. The third-order valence-electron chi connectivity index (χ3n) is 4.64. The number of ether oxygens (including phenoxy) is 1. The molecule has 1 atom stereocenters. The molecule has 0 aliphatic heterocycles. The average molecular weight is 282 g/mol. The van der Waals surface area contributed by atoms with Gasteiger partial charge in [0.1, 0.15) is 0 Å². The number of hydrogen-bond donors (Lipinski definition) is 1. The van der Waals surface area contributed by atoms with E-state index in [1.807, 2.05) is 7.05 Å². The van der Waals surface area contributed by atoms with Crippen molar-refractivity contribution in [2.24, 2.45) is 11.8 Å². The van der Waals surface area contributed by atoms with E-state index in [1.165, 1.54) is 44.3 Å². The summed E-state index contributed by atoms with van der Waals surface area (Å²) in [6.07, 6.45) is 9.38. The molecule has 118 valence electrons. The second-order valence-corrected chi connectivity index (χ2v) is 6.23. The summed E-state index contributed by atoms with van der Waals surface area (Å²) in [4.78, 5) is 2.52. The summed E-state index contributed by atoms with van der Waals surface area (Å²) in [5.74, 6) is 1.72. The molecule has 20 heavy (non-hydrogen) atoms. The lowest BCUT2D eigenvalue weighted by atomic mass is 9.80. The first-order chi connectivity index (χ1) is 9.69. The Kier molecular flexibility index (Phi) is 8.95. The smallest absolute Gasteiger partial charge is 0.0663 e. The topological polar surface area (TPSA) is 24.5 Å². The number of rotatable bonds is 9. The van der Waals surface area contributed by atoms with Crippen molar-refractivity contribution in [1.29, 1.82) is 0 Å². The molecular weight excluding hydrogens is 248 g/mol. The van der Waals surface area contributed by atoms with Crippen molar-refractivity contribution in [3.8, 4) is 0 Å².